The summed E-state index contributed by atoms with van der Waals surface area (Å²) in [5.41, 5.74) is 2.89. The maximum atomic E-state index is 9.00. The van der Waals surface area contributed by atoms with Crippen molar-refractivity contribution in [2.24, 2.45) is 0 Å². The summed E-state index contributed by atoms with van der Waals surface area (Å²) >= 11 is 0. The number of carboxylic acids is 1. The largest absolute Gasteiger partial charge is 0.481 e. The molecule has 1 rings (SSSR count). The first-order valence-electron chi connectivity index (χ1n) is 5.32. The van der Waals surface area contributed by atoms with Crippen LogP contribution in [0.3, 0.4) is 0 Å². The number of hydrogen-bond donors (Lipinski definition) is 2. The van der Waals surface area contributed by atoms with Crippen LogP contribution in [0.15, 0.2) is 24.3 Å². The second-order valence-corrected chi connectivity index (χ2v) is 3.05. The zero-order valence-corrected chi connectivity index (χ0v) is 10.5. The van der Waals surface area contributed by atoms with Gasteiger partial charge in [0.2, 0.25) is 0 Å². The molecule has 0 heterocycles. The quantitative estimate of drug-likeness (QED) is 0.814. The summed E-state index contributed by atoms with van der Waals surface area (Å²) in [6, 6.07) is 8.77. The Bertz CT molecular complexity index is 259. The summed E-state index contributed by atoms with van der Waals surface area (Å²) in [4.78, 5) is 9.00. The van der Waals surface area contributed by atoms with Crippen LogP contribution in [0.5, 0.6) is 0 Å². The molecule has 0 bridgehead atoms. The van der Waals surface area contributed by atoms with E-state index in [4.69, 9.17) is 15.0 Å². The van der Waals surface area contributed by atoms with Crippen LogP contribution in [0, 0.1) is 0 Å². The molecule has 3 heteroatoms. The second-order valence-electron chi connectivity index (χ2n) is 3.05. The van der Waals surface area contributed by atoms with Gasteiger partial charge < -0.3 is 10.2 Å². The predicted molar refractivity (Wildman–Crippen MR) is 66.7 cm³/mol. The smallest absolute Gasteiger partial charge is 0.300 e. The fourth-order valence-corrected chi connectivity index (χ4v) is 1.07. The average Bonchev–Trinajstić information content (AvgIpc) is 2.31. The van der Waals surface area contributed by atoms with E-state index in [9.17, 15) is 0 Å². The molecule has 0 aliphatic rings. The lowest BCUT2D eigenvalue weighted by atomic mass is 10.1. The van der Waals surface area contributed by atoms with E-state index in [1.54, 1.807) is 0 Å². The highest BCUT2D eigenvalue weighted by atomic mass is 16.4. The highest BCUT2D eigenvalue weighted by Gasteiger charge is 1.89. The third-order valence-corrected chi connectivity index (χ3v) is 1.81. The lowest BCUT2D eigenvalue weighted by Gasteiger charge is -1.98. The molecule has 0 unspecified atom stereocenters. The third kappa shape index (κ3) is 10.7. The highest BCUT2D eigenvalue weighted by molar-refractivity contribution is 5.62. The molecule has 0 aromatic heterocycles. The van der Waals surface area contributed by atoms with Gasteiger partial charge in [0, 0.05) is 14.0 Å². The van der Waals surface area contributed by atoms with Gasteiger partial charge >= 0.3 is 0 Å². The van der Waals surface area contributed by atoms with E-state index in [-0.39, 0.29) is 0 Å². The molecular formula is C13H22O3. The number of benzene rings is 1. The monoisotopic (exact) mass is 226 g/mol. The number of carbonyl (C=O) groups is 1. The van der Waals surface area contributed by atoms with Crippen molar-refractivity contribution in [1.82, 2.24) is 0 Å². The van der Waals surface area contributed by atoms with E-state index < -0.39 is 5.97 Å². The van der Waals surface area contributed by atoms with Crippen molar-refractivity contribution in [2.45, 2.75) is 33.6 Å². The average molecular weight is 226 g/mol. The zero-order chi connectivity index (χ0) is 13.0. The molecule has 0 radical (unpaired) electrons. The topological polar surface area (TPSA) is 57.5 Å². The summed E-state index contributed by atoms with van der Waals surface area (Å²) in [6.07, 6.45) is 2.29. The minimum Gasteiger partial charge on any atom is -0.481 e. The van der Waals surface area contributed by atoms with E-state index >= 15 is 0 Å². The van der Waals surface area contributed by atoms with Gasteiger partial charge in [0.05, 0.1) is 0 Å². The molecule has 3 nitrogen and oxygen atoms in total. The van der Waals surface area contributed by atoms with E-state index in [0.717, 1.165) is 26.9 Å². The maximum absolute atomic E-state index is 9.00. The Labute approximate surface area is 97.7 Å². The van der Waals surface area contributed by atoms with Crippen molar-refractivity contribution in [3.8, 4) is 0 Å². The van der Waals surface area contributed by atoms with Crippen LogP contribution in [-0.2, 0) is 17.6 Å². The van der Waals surface area contributed by atoms with Crippen molar-refractivity contribution >= 4 is 5.97 Å². The Morgan fingerprint density at radius 2 is 1.44 bits per heavy atom. The van der Waals surface area contributed by atoms with Gasteiger partial charge in [-0.25, -0.2) is 0 Å². The highest BCUT2D eigenvalue weighted by Crippen LogP contribution is 2.05. The van der Waals surface area contributed by atoms with Crippen LogP contribution >= 0.6 is 0 Å². The lowest BCUT2D eigenvalue weighted by Crippen LogP contribution is -1.83. The Morgan fingerprint density at radius 3 is 1.69 bits per heavy atom. The Kier molecular flexibility index (Phi) is 12.5. The van der Waals surface area contributed by atoms with Crippen molar-refractivity contribution in [1.29, 1.82) is 0 Å². The number of aryl methyl sites for hydroxylation is 2. The number of aliphatic carboxylic acids is 1. The first kappa shape index (κ1) is 17.1. The molecule has 0 atom stereocenters. The van der Waals surface area contributed by atoms with Gasteiger partial charge in [-0.05, 0) is 24.0 Å². The first-order valence-corrected chi connectivity index (χ1v) is 5.32. The van der Waals surface area contributed by atoms with E-state index in [0.29, 0.717) is 0 Å². The zero-order valence-electron chi connectivity index (χ0n) is 10.5. The number of aliphatic hydroxyl groups excluding tert-OH is 1. The number of aliphatic hydroxyl groups is 1. The number of carboxylic acid groups (broad SMARTS) is 1. The summed E-state index contributed by atoms with van der Waals surface area (Å²) in [6.45, 7) is 5.46. The molecule has 0 spiro atoms. The molecule has 0 fully saturated rings. The van der Waals surface area contributed by atoms with Crippen LogP contribution in [0.1, 0.15) is 31.9 Å². The van der Waals surface area contributed by atoms with Crippen LogP contribution in [-0.4, -0.2) is 23.3 Å². The van der Waals surface area contributed by atoms with Crippen molar-refractivity contribution < 1.29 is 15.0 Å². The minimum absolute atomic E-state index is 0.833. The van der Waals surface area contributed by atoms with Crippen LogP contribution in [0.4, 0.5) is 0 Å². The SMILES string of the molecule is CC(=O)O.CCc1cccc(CC)c1.CO. The number of rotatable bonds is 2. The van der Waals surface area contributed by atoms with Gasteiger partial charge in [-0.2, -0.15) is 0 Å². The molecule has 0 saturated heterocycles. The van der Waals surface area contributed by atoms with Gasteiger partial charge in [-0.15, -0.1) is 0 Å². The van der Waals surface area contributed by atoms with Crippen LogP contribution in [0.2, 0.25) is 0 Å². The van der Waals surface area contributed by atoms with E-state index in [2.05, 4.69) is 38.1 Å². The summed E-state index contributed by atoms with van der Waals surface area (Å²) in [7, 11) is 1.00. The summed E-state index contributed by atoms with van der Waals surface area (Å²) < 4.78 is 0. The van der Waals surface area contributed by atoms with Gasteiger partial charge in [0.1, 0.15) is 0 Å². The molecule has 2 N–H and O–H groups in total. The molecule has 16 heavy (non-hydrogen) atoms. The van der Waals surface area contributed by atoms with Crippen LogP contribution < -0.4 is 0 Å². The number of hydrogen-bond acceptors (Lipinski definition) is 2. The lowest BCUT2D eigenvalue weighted by molar-refractivity contribution is -0.134. The molecule has 1 aromatic carbocycles. The van der Waals surface area contributed by atoms with Gasteiger partial charge in [-0.3, -0.25) is 4.79 Å². The predicted octanol–water partition coefficient (Wildman–Crippen LogP) is 2.51. The Hall–Kier alpha value is -1.35. The maximum Gasteiger partial charge on any atom is 0.300 e. The van der Waals surface area contributed by atoms with E-state index in [1.807, 2.05) is 0 Å². The molecule has 1 aromatic rings. The van der Waals surface area contributed by atoms with Gasteiger partial charge in [0.25, 0.3) is 5.97 Å². The summed E-state index contributed by atoms with van der Waals surface area (Å²) in [5, 5.41) is 14.4. The minimum atomic E-state index is -0.833. The fourth-order valence-electron chi connectivity index (χ4n) is 1.07. The normalized spacial score (nSPS) is 8.06. The van der Waals surface area contributed by atoms with Crippen molar-refractivity contribution in [3.63, 3.8) is 0 Å². The summed E-state index contributed by atoms with van der Waals surface area (Å²) in [5.74, 6) is -0.833. The van der Waals surface area contributed by atoms with Crippen molar-refractivity contribution in [3.05, 3.63) is 35.4 Å². The third-order valence-electron chi connectivity index (χ3n) is 1.81. The molecular weight excluding hydrogens is 204 g/mol. The first-order chi connectivity index (χ1) is 7.60. The Balaban J connectivity index is 0. The second kappa shape index (κ2) is 11.7. The van der Waals surface area contributed by atoms with E-state index in [1.165, 1.54) is 11.1 Å². The van der Waals surface area contributed by atoms with Gasteiger partial charge in [0.15, 0.2) is 0 Å². The van der Waals surface area contributed by atoms with Gasteiger partial charge in [-0.1, -0.05) is 38.1 Å². The van der Waals surface area contributed by atoms with Crippen molar-refractivity contribution in [2.75, 3.05) is 7.11 Å². The molecule has 0 saturated carbocycles. The standard InChI is InChI=1S/C10H14.C2H4O2.CH4O/c1-3-9-6-5-7-10(4-2)8-9;1-2(3)4;1-2/h5-8H,3-4H2,1-2H3;1H3,(H,3,4);2H,1H3. The molecule has 0 amide bonds. The molecule has 0 aliphatic carbocycles. The molecule has 0 aliphatic heterocycles. The molecule has 92 valence electrons. The fraction of sp³-hybridized carbons (Fsp3) is 0.462. The van der Waals surface area contributed by atoms with Crippen LogP contribution in [0.25, 0.3) is 0 Å². The Morgan fingerprint density at radius 1 is 1.12 bits per heavy atom.